The number of benzene rings is 2. The number of fused-ring (bicyclic) bond motifs is 2. The van der Waals surface area contributed by atoms with Crippen LogP contribution in [0.3, 0.4) is 0 Å². The maximum Gasteiger partial charge on any atom is 0.251 e. The number of aromatic nitrogens is 3. The summed E-state index contributed by atoms with van der Waals surface area (Å²) in [6.07, 6.45) is 5.10. The van der Waals surface area contributed by atoms with E-state index in [1.165, 1.54) is 12.3 Å². The van der Waals surface area contributed by atoms with E-state index in [4.69, 9.17) is 11.6 Å². The molecule has 158 valence electrons. The molecule has 2 N–H and O–H groups in total. The standard InChI is InChI=1S/C25H18ClFN4O/c26-22-14-30-24-4-2-16(9-21(22)24)12-31-25(32)17-5-6-28-20(11-17)8-15-1-3-23-18(7-15)10-19(27)13-29-23/h1-7,9-11,13-14,30H,8,12H2,(H,31,32). The summed E-state index contributed by atoms with van der Waals surface area (Å²) in [5, 5.41) is 5.25. The van der Waals surface area contributed by atoms with Crippen molar-refractivity contribution in [3.8, 4) is 0 Å². The van der Waals surface area contributed by atoms with Crippen LogP contribution in [0.1, 0.15) is 27.2 Å². The Kier molecular flexibility index (Phi) is 5.29. The normalized spacial score (nSPS) is 11.2. The number of carbonyl (C=O) groups excluding carboxylic acids is 1. The summed E-state index contributed by atoms with van der Waals surface area (Å²) in [5.41, 5.74) is 4.89. The molecule has 0 aliphatic carbocycles. The Hall–Kier alpha value is -3.77. The third kappa shape index (κ3) is 4.18. The first kappa shape index (κ1) is 20.2. The molecule has 0 spiro atoms. The molecule has 0 unspecified atom stereocenters. The molecular weight excluding hydrogens is 427 g/mol. The molecule has 2 aromatic carbocycles. The van der Waals surface area contributed by atoms with Crippen LogP contribution in [0.4, 0.5) is 4.39 Å². The van der Waals surface area contributed by atoms with Gasteiger partial charge in [0.15, 0.2) is 0 Å². The van der Waals surface area contributed by atoms with E-state index in [1.807, 2.05) is 36.4 Å². The minimum absolute atomic E-state index is 0.182. The lowest BCUT2D eigenvalue weighted by Gasteiger charge is -2.08. The first-order valence-electron chi connectivity index (χ1n) is 10.1. The fourth-order valence-corrected chi connectivity index (χ4v) is 3.93. The molecule has 0 saturated heterocycles. The molecule has 0 aliphatic heterocycles. The third-order valence-electron chi connectivity index (χ3n) is 5.33. The Morgan fingerprint density at radius 2 is 1.91 bits per heavy atom. The summed E-state index contributed by atoms with van der Waals surface area (Å²) in [5.74, 6) is -0.553. The van der Waals surface area contributed by atoms with Gasteiger partial charge in [-0.1, -0.05) is 23.7 Å². The SMILES string of the molecule is O=C(NCc1ccc2[nH]cc(Cl)c2c1)c1ccnc(Cc2ccc3ncc(F)cc3c2)c1. The van der Waals surface area contributed by atoms with E-state index in [9.17, 15) is 9.18 Å². The van der Waals surface area contributed by atoms with E-state index in [0.29, 0.717) is 23.6 Å². The van der Waals surface area contributed by atoms with Crippen molar-refractivity contribution in [1.82, 2.24) is 20.3 Å². The molecule has 3 aromatic heterocycles. The molecule has 0 fully saturated rings. The molecule has 3 heterocycles. The molecule has 5 nitrogen and oxygen atoms in total. The highest BCUT2D eigenvalue weighted by Crippen LogP contribution is 2.24. The molecule has 32 heavy (non-hydrogen) atoms. The smallest absolute Gasteiger partial charge is 0.251 e. The zero-order chi connectivity index (χ0) is 22.1. The van der Waals surface area contributed by atoms with Crippen molar-refractivity contribution in [3.05, 3.63) is 106 Å². The Bertz CT molecular complexity index is 1460. The van der Waals surface area contributed by atoms with Crippen LogP contribution in [0.5, 0.6) is 0 Å². The Labute approximate surface area is 188 Å². The lowest BCUT2D eigenvalue weighted by atomic mass is 10.0. The van der Waals surface area contributed by atoms with Crippen molar-refractivity contribution in [2.75, 3.05) is 0 Å². The van der Waals surface area contributed by atoms with Gasteiger partial charge >= 0.3 is 0 Å². The molecule has 7 heteroatoms. The third-order valence-corrected chi connectivity index (χ3v) is 5.64. The highest BCUT2D eigenvalue weighted by Gasteiger charge is 2.09. The van der Waals surface area contributed by atoms with E-state index in [-0.39, 0.29) is 11.7 Å². The van der Waals surface area contributed by atoms with Gasteiger partial charge in [-0.2, -0.15) is 0 Å². The van der Waals surface area contributed by atoms with Crippen molar-refractivity contribution >= 4 is 39.3 Å². The molecule has 5 rings (SSSR count). The van der Waals surface area contributed by atoms with Crippen LogP contribution in [0, 0.1) is 5.82 Å². The van der Waals surface area contributed by atoms with Gasteiger partial charge < -0.3 is 10.3 Å². The lowest BCUT2D eigenvalue weighted by molar-refractivity contribution is 0.0950. The number of H-pyrrole nitrogens is 1. The predicted octanol–water partition coefficient (Wildman–Crippen LogP) is 5.42. The van der Waals surface area contributed by atoms with E-state index in [2.05, 4.69) is 20.3 Å². The highest BCUT2D eigenvalue weighted by molar-refractivity contribution is 6.35. The number of nitrogens with one attached hydrogen (secondary N) is 2. The molecule has 0 atom stereocenters. The van der Waals surface area contributed by atoms with Gasteiger partial charge in [0.1, 0.15) is 5.82 Å². The summed E-state index contributed by atoms with van der Waals surface area (Å²) < 4.78 is 13.5. The fraction of sp³-hybridized carbons (Fsp3) is 0.0800. The number of aromatic amines is 1. The Morgan fingerprint density at radius 3 is 2.81 bits per heavy atom. The second kappa shape index (κ2) is 8.40. The van der Waals surface area contributed by atoms with Crippen LogP contribution in [-0.2, 0) is 13.0 Å². The van der Waals surface area contributed by atoms with Crippen molar-refractivity contribution in [3.63, 3.8) is 0 Å². The maximum absolute atomic E-state index is 13.5. The average Bonchev–Trinajstić information content (AvgIpc) is 3.17. The van der Waals surface area contributed by atoms with Crippen LogP contribution >= 0.6 is 11.6 Å². The number of rotatable bonds is 5. The van der Waals surface area contributed by atoms with Crippen LogP contribution < -0.4 is 5.32 Å². The molecular formula is C25H18ClFN4O. The second-order valence-corrected chi connectivity index (χ2v) is 8.00. The van der Waals surface area contributed by atoms with Gasteiger partial charge in [-0.3, -0.25) is 14.8 Å². The van der Waals surface area contributed by atoms with Gasteiger partial charge in [-0.15, -0.1) is 0 Å². The zero-order valence-corrected chi connectivity index (χ0v) is 17.7. The summed E-state index contributed by atoms with van der Waals surface area (Å²) in [6, 6.07) is 16.5. The van der Waals surface area contributed by atoms with Crippen LogP contribution in [0.25, 0.3) is 21.8 Å². The predicted molar refractivity (Wildman–Crippen MR) is 123 cm³/mol. The van der Waals surface area contributed by atoms with Crippen molar-refractivity contribution in [2.45, 2.75) is 13.0 Å². The zero-order valence-electron chi connectivity index (χ0n) is 16.9. The second-order valence-electron chi connectivity index (χ2n) is 7.59. The first-order valence-corrected chi connectivity index (χ1v) is 10.5. The molecule has 0 bridgehead atoms. The largest absolute Gasteiger partial charge is 0.360 e. The number of hydrogen-bond donors (Lipinski definition) is 2. The van der Waals surface area contributed by atoms with E-state index in [0.717, 1.165) is 38.6 Å². The first-order chi connectivity index (χ1) is 15.5. The number of amides is 1. The van der Waals surface area contributed by atoms with E-state index < -0.39 is 0 Å². The molecule has 1 amide bonds. The Balaban J connectivity index is 1.29. The van der Waals surface area contributed by atoms with Crippen molar-refractivity contribution in [1.29, 1.82) is 0 Å². The van der Waals surface area contributed by atoms with Crippen molar-refractivity contribution in [2.24, 2.45) is 0 Å². The number of nitrogens with zero attached hydrogens (tertiary/aromatic N) is 2. The molecule has 5 aromatic rings. The maximum atomic E-state index is 13.5. The average molecular weight is 445 g/mol. The summed E-state index contributed by atoms with van der Waals surface area (Å²) >= 11 is 6.18. The van der Waals surface area contributed by atoms with E-state index >= 15 is 0 Å². The van der Waals surface area contributed by atoms with Gasteiger partial charge in [0, 0.05) is 52.9 Å². The summed E-state index contributed by atoms with van der Waals surface area (Å²) in [7, 11) is 0. The van der Waals surface area contributed by atoms with Crippen LogP contribution in [-0.4, -0.2) is 20.9 Å². The lowest BCUT2D eigenvalue weighted by Crippen LogP contribution is -2.23. The molecule has 0 saturated carbocycles. The summed E-state index contributed by atoms with van der Waals surface area (Å²) in [4.78, 5) is 24.3. The molecule has 0 radical (unpaired) electrons. The minimum atomic E-state index is -0.371. The number of halogens is 2. The quantitative estimate of drug-likeness (QED) is 0.380. The molecule has 0 aliphatic rings. The number of hydrogen-bond acceptors (Lipinski definition) is 3. The highest BCUT2D eigenvalue weighted by atomic mass is 35.5. The van der Waals surface area contributed by atoms with Gasteiger partial charge in [-0.05, 0) is 53.6 Å². The minimum Gasteiger partial charge on any atom is -0.360 e. The van der Waals surface area contributed by atoms with Gasteiger partial charge in [-0.25, -0.2) is 4.39 Å². The monoisotopic (exact) mass is 444 g/mol. The number of pyridine rings is 2. The van der Waals surface area contributed by atoms with Crippen LogP contribution in [0.2, 0.25) is 5.02 Å². The van der Waals surface area contributed by atoms with Crippen LogP contribution in [0.15, 0.2) is 73.2 Å². The summed E-state index contributed by atoms with van der Waals surface area (Å²) in [6.45, 7) is 0.386. The van der Waals surface area contributed by atoms with Gasteiger partial charge in [0.2, 0.25) is 0 Å². The van der Waals surface area contributed by atoms with Crippen molar-refractivity contribution < 1.29 is 9.18 Å². The van der Waals surface area contributed by atoms with Gasteiger partial charge in [0.25, 0.3) is 5.91 Å². The Morgan fingerprint density at radius 1 is 1.03 bits per heavy atom. The van der Waals surface area contributed by atoms with Gasteiger partial charge in [0.05, 0.1) is 16.7 Å². The topological polar surface area (TPSA) is 70.7 Å². The fourth-order valence-electron chi connectivity index (χ4n) is 3.72. The van der Waals surface area contributed by atoms with E-state index in [1.54, 1.807) is 24.5 Å². The number of carbonyl (C=O) groups is 1.